The number of nitrogens with zero attached hydrogens (tertiary/aromatic N) is 2. The standard InChI is InChI=1S/C20H16Cl2N2O3S/c1-23-18(25)16(19(26)24(2)20(23)28)9-12-3-7-15(8-4-12)27-11-13-5-6-14(21)10-17(13)22/h3-10H,11H2,1-2H3. The normalized spacial score (nSPS) is 14.6. The van der Waals surface area contributed by atoms with Crippen molar-refractivity contribution >= 4 is 58.4 Å². The van der Waals surface area contributed by atoms with Gasteiger partial charge in [-0.25, -0.2) is 0 Å². The van der Waals surface area contributed by atoms with E-state index in [9.17, 15) is 9.59 Å². The van der Waals surface area contributed by atoms with E-state index in [0.717, 1.165) is 5.56 Å². The fraction of sp³-hybridized carbons (Fsp3) is 0.150. The molecule has 1 saturated heterocycles. The Labute approximate surface area is 178 Å². The Bertz CT molecular complexity index is 963. The number of ether oxygens (including phenoxy) is 1. The van der Waals surface area contributed by atoms with Crippen molar-refractivity contribution in [1.82, 2.24) is 9.80 Å². The lowest BCUT2D eigenvalue weighted by atomic mass is 10.1. The second-order valence-corrected chi connectivity index (χ2v) is 7.37. The monoisotopic (exact) mass is 434 g/mol. The van der Waals surface area contributed by atoms with Crippen LogP contribution in [0.1, 0.15) is 11.1 Å². The second kappa shape index (κ2) is 8.31. The predicted molar refractivity (Wildman–Crippen MR) is 113 cm³/mol. The molecular weight excluding hydrogens is 419 g/mol. The second-order valence-electron chi connectivity index (χ2n) is 6.16. The lowest BCUT2D eigenvalue weighted by molar-refractivity contribution is -0.132. The zero-order valence-electron chi connectivity index (χ0n) is 15.1. The molecule has 1 aliphatic heterocycles. The SMILES string of the molecule is CN1C(=O)C(=Cc2ccc(OCc3ccc(Cl)cc3Cl)cc2)C(=O)N(C)C1=S. The van der Waals surface area contributed by atoms with E-state index >= 15 is 0 Å². The molecule has 0 atom stereocenters. The number of halogens is 2. The summed E-state index contributed by atoms with van der Waals surface area (Å²) in [5.41, 5.74) is 1.57. The molecule has 0 radical (unpaired) electrons. The molecule has 2 aromatic carbocycles. The molecule has 1 heterocycles. The molecule has 5 nitrogen and oxygen atoms in total. The van der Waals surface area contributed by atoms with Crippen molar-refractivity contribution < 1.29 is 14.3 Å². The van der Waals surface area contributed by atoms with Crippen LogP contribution in [-0.4, -0.2) is 40.8 Å². The average Bonchev–Trinajstić information content (AvgIpc) is 2.68. The largest absolute Gasteiger partial charge is 0.489 e. The quantitative estimate of drug-likeness (QED) is 0.411. The Morgan fingerprint density at radius 3 is 2.18 bits per heavy atom. The van der Waals surface area contributed by atoms with E-state index in [1.54, 1.807) is 62.6 Å². The molecule has 0 N–H and O–H groups in total. The van der Waals surface area contributed by atoms with Crippen LogP contribution in [-0.2, 0) is 16.2 Å². The number of hydrogen-bond donors (Lipinski definition) is 0. The van der Waals surface area contributed by atoms with Crippen LogP contribution in [0.5, 0.6) is 5.75 Å². The number of rotatable bonds is 4. The van der Waals surface area contributed by atoms with Crippen LogP contribution in [0.3, 0.4) is 0 Å². The first-order chi connectivity index (χ1) is 13.3. The summed E-state index contributed by atoms with van der Waals surface area (Å²) in [6, 6.07) is 12.3. The summed E-state index contributed by atoms with van der Waals surface area (Å²) in [5.74, 6) is -0.221. The maximum atomic E-state index is 12.4. The highest BCUT2D eigenvalue weighted by Gasteiger charge is 2.35. The molecular formula is C20H16Cl2N2O3S. The van der Waals surface area contributed by atoms with Crippen LogP contribution in [0.25, 0.3) is 6.08 Å². The van der Waals surface area contributed by atoms with E-state index in [2.05, 4.69) is 0 Å². The van der Waals surface area contributed by atoms with Gasteiger partial charge in [0.1, 0.15) is 17.9 Å². The van der Waals surface area contributed by atoms with Gasteiger partial charge in [-0.15, -0.1) is 0 Å². The van der Waals surface area contributed by atoms with Crippen molar-refractivity contribution in [3.63, 3.8) is 0 Å². The summed E-state index contributed by atoms with van der Waals surface area (Å²) in [6.45, 7) is 0.292. The average molecular weight is 435 g/mol. The topological polar surface area (TPSA) is 49.9 Å². The van der Waals surface area contributed by atoms with Crippen molar-refractivity contribution in [3.05, 3.63) is 69.2 Å². The number of carbonyl (C=O) groups is 2. The van der Waals surface area contributed by atoms with Crippen LogP contribution in [0.2, 0.25) is 10.0 Å². The first-order valence-corrected chi connectivity index (χ1v) is 9.43. The molecule has 3 rings (SSSR count). The van der Waals surface area contributed by atoms with Crippen LogP contribution in [0, 0.1) is 0 Å². The van der Waals surface area contributed by atoms with E-state index in [1.165, 1.54) is 9.80 Å². The molecule has 0 spiro atoms. The molecule has 8 heteroatoms. The summed E-state index contributed by atoms with van der Waals surface area (Å²) in [6.07, 6.45) is 1.54. The third kappa shape index (κ3) is 4.19. The summed E-state index contributed by atoms with van der Waals surface area (Å²) in [4.78, 5) is 27.3. The number of benzene rings is 2. The third-order valence-electron chi connectivity index (χ3n) is 4.24. The number of hydrogen-bond acceptors (Lipinski definition) is 4. The highest BCUT2D eigenvalue weighted by molar-refractivity contribution is 7.80. The molecule has 0 saturated carbocycles. The first kappa shape index (κ1) is 20.3. The van der Waals surface area contributed by atoms with E-state index < -0.39 is 11.8 Å². The molecule has 1 fully saturated rings. The van der Waals surface area contributed by atoms with Crippen LogP contribution >= 0.6 is 35.4 Å². The minimum Gasteiger partial charge on any atom is -0.489 e. The van der Waals surface area contributed by atoms with Gasteiger partial charge in [-0.1, -0.05) is 41.4 Å². The smallest absolute Gasteiger partial charge is 0.265 e. The zero-order valence-corrected chi connectivity index (χ0v) is 17.4. The fourth-order valence-corrected chi connectivity index (χ4v) is 3.23. The Morgan fingerprint density at radius 1 is 1.00 bits per heavy atom. The minimum atomic E-state index is -0.425. The number of amides is 2. The fourth-order valence-electron chi connectivity index (χ4n) is 2.60. The van der Waals surface area contributed by atoms with Gasteiger partial charge in [0.25, 0.3) is 11.8 Å². The molecule has 144 valence electrons. The minimum absolute atomic E-state index is 0.0558. The van der Waals surface area contributed by atoms with Crippen molar-refractivity contribution in [2.24, 2.45) is 0 Å². The third-order valence-corrected chi connectivity index (χ3v) is 5.38. The summed E-state index contributed by atoms with van der Waals surface area (Å²) < 4.78 is 5.73. The van der Waals surface area contributed by atoms with Gasteiger partial charge >= 0.3 is 0 Å². The predicted octanol–water partition coefficient (Wildman–Crippen LogP) is 4.17. The van der Waals surface area contributed by atoms with Gasteiger partial charge in [-0.05, 0) is 48.1 Å². The van der Waals surface area contributed by atoms with E-state index in [-0.39, 0.29) is 10.7 Å². The van der Waals surface area contributed by atoms with Crippen molar-refractivity contribution in [2.45, 2.75) is 6.61 Å². The van der Waals surface area contributed by atoms with Gasteiger partial charge in [-0.2, -0.15) is 0 Å². The van der Waals surface area contributed by atoms with Gasteiger partial charge in [-0.3, -0.25) is 19.4 Å². The van der Waals surface area contributed by atoms with Crippen LogP contribution in [0.15, 0.2) is 48.0 Å². The molecule has 0 unspecified atom stereocenters. The number of carbonyl (C=O) groups excluding carboxylic acids is 2. The maximum Gasteiger partial charge on any atom is 0.265 e. The lowest BCUT2D eigenvalue weighted by Crippen LogP contribution is -2.52. The summed E-state index contributed by atoms with van der Waals surface area (Å²) in [5, 5.41) is 1.28. The Kier molecular flexibility index (Phi) is 6.03. The first-order valence-electron chi connectivity index (χ1n) is 8.26. The Balaban J connectivity index is 1.73. The van der Waals surface area contributed by atoms with Crippen LogP contribution < -0.4 is 4.74 Å². The van der Waals surface area contributed by atoms with Gasteiger partial charge in [0.05, 0.1) is 0 Å². The van der Waals surface area contributed by atoms with Gasteiger partial charge in [0, 0.05) is 29.7 Å². The molecule has 0 bridgehead atoms. The molecule has 2 amide bonds. The molecule has 0 aliphatic carbocycles. The number of thiocarbonyl (C=S) groups is 1. The summed E-state index contributed by atoms with van der Waals surface area (Å²) in [7, 11) is 3.08. The Hall–Kier alpha value is -2.41. The highest BCUT2D eigenvalue weighted by atomic mass is 35.5. The Morgan fingerprint density at radius 2 is 1.61 bits per heavy atom. The van der Waals surface area contributed by atoms with E-state index in [0.29, 0.717) is 28.0 Å². The van der Waals surface area contributed by atoms with Gasteiger partial charge in [0.15, 0.2) is 5.11 Å². The van der Waals surface area contributed by atoms with Crippen molar-refractivity contribution in [1.29, 1.82) is 0 Å². The molecule has 0 aromatic heterocycles. The van der Waals surface area contributed by atoms with E-state index in [4.69, 9.17) is 40.2 Å². The van der Waals surface area contributed by atoms with Crippen LogP contribution in [0.4, 0.5) is 0 Å². The lowest BCUT2D eigenvalue weighted by Gasteiger charge is -2.31. The van der Waals surface area contributed by atoms with Crippen molar-refractivity contribution in [2.75, 3.05) is 14.1 Å². The summed E-state index contributed by atoms with van der Waals surface area (Å²) >= 11 is 17.1. The van der Waals surface area contributed by atoms with Gasteiger partial charge < -0.3 is 4.74 Å². The molecule has 2 aromatic rings. The molecule has 28 heavy (non-hydrogen) atoms. The zero-order chi connectivity index (χ0) is 20.4. The van der Waals surface area contributed by atoms with E-state index in [1.807, 2.05) is 0 Å². The highest BCUT2D eigenvalue weighted by Crippen LogP contribution is 2.24. The number of likely N-dealkylation sites (N-methyl/N-ethyl adjacent to an activating group) is 2. The van der Waals surface area contributed by atoms with Crippen molar-refractivity contribution in [3.8, 4) is 5.75 Å². The maximum absolute atomic E-state index is 12.4. The molecule has 1 aliphatic rings. The van der Waals surface area contributed by atoms with Gasteiger partial charge in [0.2, 0.25) is 0 Å².